The number of benzene rings is 3. The molecule has 0 radical (unpaired) electrons. The summed E-state index contributed by atoms with van der Waals surface area (Å²) in [5.41, 5.74) is 3.47. The number of thioether (sulfide) groups is 1. The average Bonchev–Trinajstić information content (AvgIpc) is 3.18. The van der Waals surface area contributed by atoms with Crippen molar-refractivity contribution in [2.24, 2.45) is 0 Å². The van der Waals surface area contributed by atoms with Gasteiger partial charge >= 0.3 is 5.56 Å². The summed E-state index contributed by atoms with van der Waals surface area (Å²) >= 11 is 1.21. The normalized spacial score (nSPS) is 11.2. The smallest absolute Gasteiger partial charge is 0.302 e. The summed E-state index contributed by atoms with van der Waals surface area (Å²) < 4.78 is 7.35. The van der Waals surface area contributed by atoms with E-state index in [9.17, 15) is 9.59 Å². The minimum atomic E-state index is -0.305. The van der Waals surface area contributed by atoms with Gasteiger partial charge in [-0.15, -0.1) is 0 Å². The summed E-state index contributed by atoms with van der Waals surface area (Å²) in [5, 5.41) is 4.06. The van der Waals surface area contributed by atoms with Crippen molar-refractivity contribution in [3.8, 4) is 5.69 Å². The zero-order chi connectivity index (χ0) is 22.1. The number of nitrogens with zero attached hydrogens (tertiary/aromatic N) is 2. The number of amides is 1. The first-order valence-corrected chi connectivity index (χ1v) is 11.1. The topological polar surface area (TPSA) is 77.1 Å². The Balaban J connectivity index is 1.58. The van der Waals surface area contributed by atoms with Crippen LogP contribution in [0.3, 0.4) is 0 Å². The van der Waals surface area contributed by atoms with Gasteiger partial charge in [0.25, 0.3) is 0 Å². The summed E-state index contributed by atoms with van der Waals surface area (Å²) in [4.78, 5) is 30.7. The maximum Gasteiger partial charge on any atom is 0.302 e. The van der Waals surface area contributed by atoms with E-state index in [-0.39, 0.29) is 22.8 Å². The monoisotopic (exact) mass is 441 g/mol. The molecule has 1 N–H and O–H groups in total. The second-order valence-electron chi connectivity index (χ2n) is 7.35. The van der Waals surface area contributed by atoms with E-state index >= 15 is 0 Å². The van der Waals surface area contributed by atoms with Crippen molar-refractivity contribution in [3.05, 3.63) is 94.8 Å². The Kier molecular flexibility index (Phi) is 5.25. The highest BCUT2D eigenvalue weighted by atomic mass is 32.2. The standard InChI is InChI=1S/C25H19N3O3S/c1-16-11-13-18(14-12-16)28-24(30)23-22(19-9-5-6-10-20(19)31-23)27-25(28)32-15-21(29)26-17-7-3-2-4-8-17/h2-14H,15H2,1H3,(H,26,29). The Labute approximate surface area is 187 Å². The molecule has 0 aliphatic heterocycles. The molecule has 0 fully saturated rings. The summed E-state index contributed by atoms with van der Waals surface area (Å²) in [5.74, 6) is -0.0721. The molecule has 5 aromatic rings. The molecule has 1 amide bonds. The van der Waals surface area contributed by atoms with Crippen molar-refractivity contribution in [3.63, 3.8) is 0 Å². The predicted molar refractivity (Wildman–Crippen MR) is 128 cm³/mol. The molecule has 158 valence electrons. The van der Waals surface area contributed by atoms with Crippen molar-refractivity contribution >= 4 is 45.4 Å². The molecule has 0 atom stereocenters. The van der Waals surface area contributed by atoms with Gasteiger partial charge in [-0.1, -0.05) is 59.8 Å². The zero-order valence-corrected chi connectivity index (χ0v) is 18.1. The van der Waals surface area contributed by atoms with Gasteiger partial charge in [0.15, 0.2) is 5.16 Å². The molecule has 5 rings (SSSR count). The van der Waals surface area contributed by atoms with Gasteiger partial charge in [0.2, 0.25) is 11.5 Å². The molecule has 0 aliphatic rings. The third-order valence-corrected chi connectivity index (χ3v) is 5.99. The van der Waals surface area contributed by atoms with Gasteiger partial charge in [0.1, 0.15) is 11.1 Å². The lowest BCUT2D eigenvalue weighted by atomic mass is 10.2. The molecule has 6 nitrogen and oxygen atoms in total. The molecule has 7 heteroatoms. The van der Waals surface area contributed by atoms with Crippen molar-refractivity contribution in [1.82, 2.24) is 9.55 Å². The lowest BCUT2D eigenvalue weighted by molar-refractivity contribution is -0.113. The molecule has 0 bridgehead atoms. The number of rotatable bonds is 5. The van der Waals surface area contributed by atoms with Crippen LogP contribution in [0.1, 0.15) is 5.56 Å². The number of hydrogen-bond acceptors (Lipinski definition) is 5. The molecule has 2 heterocycles. The highest BCUT2D eigenvalue weighted by molar-refractivity contribution is 7.99. The van der Waals surface area contributed by atoms with E-state index in [0.717, 1.165) is 16.6 Å². The molecular formula is C25H19N3O3S. The Morgan fingerprint density at radius 1 is 1.00 bits per heavy atom. The van der Waals surface area contributed by atoms with Gasteiger partial charge in [-0.2, -0.15) is 0 Å². The summed E-state index contributed by atoms with van der Waals surface area (Å²) in [6.45, 7) is 1.98. The minimum absolute atomic E-state index is 0.106. The summed E-state index contributed by atoms with van der Waals surface area (Å²) in [7, 11) is 0. The molecule has 0 unspecified atom stereocenters. The second kappa shape index (κ2) is 8.36. The molecular weight excluding hydrogens is 422 g/mol. The fourth-order valence-corrected chi connectivity index (χ4v) is 4.29. The number of hydrogen-bond donors (Lipinski definition) is 1. The van der Waals surface area contributed by atoms with Crippen molar-refractivity contribution in [2.45, 2.75) is 12.1 Å². The van der Waals surface area contributed by atoms with Crippen LogP contribution in [0.5, 0.6) is 0 Å². The third kappa shape index (κ3) is 3.78. The molecule has 0 saturated carbocycles. The third-order valence-electron chi connectivity index (χ3n) is 5.05. The van der Waals surface area contributed by atoms with Crippen LogP contribution in [-0.4, -0.2) is 21.2 Å². The van der Waals surface area contributed by atoms with Crippen molar-refractivity contribution in [2.75, 3.05) is 11.1 Å². The van der Waals surface area contributed by atoms with Crippen molar-refractivity contribution in [1.29, 1.82) is 0 Å². The first-order chi connectivity index (χ1) is 15.6. The van der Waals surface area contributed by atoms with Crippen LogP contribution in [0.2, 0.25) is 0 Å². The van der Waals surface area contributed by atoms with Crippen LogP contribution in [0.15, 0.2) is 93.2 Å². The lowest BCUT2D eigenvalue weighted by Crippen LogP contribution is -2.22. The first-order valence-electron chi connectivity index (χ1n) is 10.1. The number of anilines is 1. The molecule has 2 aromatic heterocycles. The Bertz CT molecular complexity index is 1490. The summed E-state index contributed by atoms with van der Waals surface area (Å²) in [6, 6.07) is 24.3. The van der Waals surface area contributed by atoms with E-state index in [4.69, 9.17) is 9.40 Å². The van der Waals surface area contributed by atoms with E-state index in [1.807, 2.05) is 85.8 Å². The van der Waals surface area contributed by atoms with E-state index in [1.54, 1.807) is 0 Å². The second-order valence-corrected chi connectivity index (χ2v) is 8.29. The average molecular weight is 442 g/mol. The number of carbonyl (C=O) groups is 1. The van der Waals surface area contributed by atoms with E-state index < -0.39 is 0 Å². The van der Waals surface area contributed by atoms with Gasteiger partial charge in [0, 0.05) is 11.1 Å². The maximum absolute atomic E-state index is 13.5. The highest BCUT2D eigenvalue weighted by Gasteiger charge is 2.19. The number of aryl methyl sites for hydroxylation is 1. The number of nitrogens with one attached hydrogen (secondary N) is 1. The van der Waals surface area contributed by atoms with Gasteiger partial charge in [-0.05, 0) is 43.3 Å². The van der Waals surface area contributed by atoms with Gasteiger partial charge in [-0.3, -0.25) is 14.2 Å². The molecule has 0 saturated heterocycles. The molecule has 0 aliphatic carbocycles. The Hall–Kier alpha value is -3.84. The number of para-hydroxylation sites is 2. The molecule has 32 heavy (non-hydrogen) atoms. The van der Waals surface area contributed by atoms with Crippen LogP contribution in [-0.2, 0) is 4.79 Å². The maximum atomic E-state index is 13.5. The lowest BCUT2D eigenvalue weighted by Gasteiger charge is -2.12. The fourth-order valence-electron chi connectivity index (χ4n) is 3.49. The van der Waals surface area contributed by atoms with E-state index in [1.165, 1.54) is 16.3 Å². The fraction of sp³-hybridized carbons (Fsp3) is 0.0800. The largest absolute Gasteiger partial charge is 0.448 e. The van der Waals surface area contributed by atoms with Crippen LogP contribution in [0.4, 0.5) is 5.69 Å². The first kappa shape index (κ1) is 20.1. The molecule has 0 spiro atoms. The summed E-state index contributed by atoms with van der Waals surface area (Å²) in [6.07, 6.45) is 0. The number of furan rings is 1. The van der Waals surface area contributed by atoms with Crippen LogP contribution in [0, 0.1) is 6.92 Å². The highest BCUT2D eigenvalue weighted by Crippen LogP contribution is 2.28. The van der Waals surface area contributed by atoms with Crippen molar-refractivity contribution < 1.29 is 9.21 Å². The van der Waals surface area contributed by atoms with E-state index in [2.05, 4.69) is 5.32 Å². The van der Waals surface area contributed by atoms with Crippen LogP contribution in [0.25, 0.3) is 27.8 Å². The predicted octanol–water partition coefficient (Wildman–Crippen LogP) is 5.17. The van der Waals surface area contributed by atoms with E-state index in [0.29, 0.717) is 21.9 Å². The van der Waals surface area contributed by atoms with Gasteiger partial charge in [-0.25, -0.2) is 4.98 Å². The number of fused-ring (bicyclic) bond motifs is 3. The van der Waals surface area contributed by atoms with Gasteiger partial charge < -0.3 is 9.73 Å². The zero-order valence-electron chi connectivity index (χ0n) is 17.2. The number of aromatic nitrogens is 2. The molecule has 3 aromatic carbocycles. The Morgan fingerprint density at radius 2 is 1.72 bits per heavy atom. The number of carbonyl (C=O) groups excluding carboxylic acids is 1. The quantitative estimate of drug-likeness (QED) is 0.301. The van der Waals surface area contributed by atoms with Gasteiger partial charge in [0.05, 0.1) is 11.4 Å². The SMILES string of the molecule is Cc1ccc(-n2c(SCC(=O)Nc3ccccc3)nc3c(oc4ccccc43)c2=O)cc1. The minimum Gasteiger partial charge on any atom is -0.448 e. The Morgan fingerprint density at radius 3 is 2.50 bits per heavy atom. The van der Waals surface area contributed by atoms with Crippen LogP contribution < -0.4 is 10.9 Å². The van der Waals surface area contributed by atoms with Crippen LogP contribution >= 0.6 is 11.8 Å².